The highest BCUT2D eigenvalue weighted by Gasteiger charge is 2.35. The van der Waals surface area contributed by atoms with E-state index in [1.807, 2.05) is 35.2 Å². The molecular formula is C21H35Cl2N3O2. The van der Waals surface area contributed by atoms with Gasteiger partial charge in [-0.2, -0.15) is 0 Å². The molecule has 0 spiro atoms. The van der Waals surface area contributed by atoms with Gasteiger partial charge in [-0.1, -0.05) is 37.5 Å². The molecule has 1 saturated carbocycles. The van der Waals surface area contributed by atoms with E-state index in [4.69, 9.17) is 10.5 Å². The van der Waals surface area contributed by atoms with Crippen LogP contribution in [0.2, 0.25) is 0 Å². The van der Waals surface area contributed by atoms with Crippen molar-refractivity contribution in [3.8, 4) is 5.75 Å². The summed E-state index contributed by atoms with van der Waals surface area (Å²) in [6.07, 6.45) is 6.61. The lowest BCUT2D eigenvalue weighted by atomic mass is 9.71. The SMILES string of the molecule is Cl.Cl.NCC1(CC(=O)N2CCN(CCOc3ccccc3)CC2)CCCCC1. The number of para-hydroxylation sites is 1. The fourth-order valence-corrected chi connectivity index (χ4v) is 4.22. The molecule has 1 aromatic rings. The second-order valence-electron chi connectivity index (χ2n) is 7.83. The lowest BCUT2D eigenvalue weighted by Gasteiger charge is -2.39. The first-order valence-corrected chi connectivity index (χ1v) is 10.1. The number of carbonyl (C=O) groups is 1. The predicted molar refractivity (Wildman–Crippen MR) is 119 cm³/mol. The molecule has 0 radical (unpaired) electrons. The molecule has 0 bridgehead atoms. The Morgan fingerprint density at radius 1 is 1.00 bits per heavy atom. The third-order valence-corrected chi connectivity index (χ3v) is 6.02. The Hall–Kier alpha value is -1.01. The van der Waals surface area contributed by atoms with Gasteiger partial charge in [0.15, 0.2) is 0 Å². The van der Waals surface area contributed by atoms with Crippen molar-refractivity contribution in [1.29, 1.82) is 0 Å². The van der Waals surface area contributed by atoms with Crippen LogP contribution in [0.1, 0.15) is 38.5 Å². The van der Waals surface area contributed by atoms with Gasteiger partial charge < -0.3 is 15.4 Å². The maximum absolute atomic E-state index is 12.8. The molecule has 2 fully saturated rings. The van der Waals surface area contributed by atoms with Gasteiger partial charge in [0.2, 0.25) is 5.91 Å². The first-order valence-electron chi connectivity index (χ1n) is 10.1. The molecule has 0 unspecified atom stereocenters. The maximum atomic E-state index is 12.8. The molecule has 28 heavy (non-hydrogen) atoms. The number of hydrogen-bond donors (Lipinski definition) is 1. The normalized spacial score (nSPS) is 19.2. The number of nitrogens with two attached hydrogens (primary N) is 1. The minimum absolute atomic E-state index is 0. The Morgan fingerprint density at radius 2 is 1.64 bits per heavy atom. The Labute approximate surface area is 181 Å². The van der Waals surface area contributed by atoms with E-state index in [9.17, 15) is 4.79 Å². The summed E-state index contributed by atoms with van der Waals surface area (Å²) in [7, 11) is 0. The van der Waals surface area contributed by atoms with Crippen LogP contribution < -0.4 is 10.5 Å². The molecule has 2 aliphatic rings. The van der Waals surface area contributed by atoms with Gasteiger partial charge in [-0.05, 0) is 36.9 Å². The summed E-state index contributed by atoms with van der Waals surface area (Å²) < 4.78 is 5.78. The quantitative estimate of drug-likeness (QED) is 0.718. The number of halogens is 2. The van der Waals surface area contributed by atoms with E-state index >= 15 is 0 Å². The average Bonchev–Trinajstić information content (AvgIpc) is 2.70. The van der Waals surface area contributed by atoms with Gasteiger partial charge in [-0.25, -0.2) is 0 Å². The molecule has 0 atom stereocenters. The smallest absolute Gasteiger partial charge is 0.223 e. The summed E-state index contributed by atoms with van der Waals surface area (Å²) in [5, 5.41) is 0. The van der Waals surface area contributed by atoms with Crippen molar-refractivity contribution in [3.63, 3.8) is 0 Å². The van der Waals surface area contributed by atoms with Crippen LogP contribution in [0.25, 0.3) is 0 Å². The molecule has 7 heteroatoms. The van der Waals surface area contributed by atoms with E-state index in [-0.39, 0.29) is 30.2 Å². The van der Waals surface area contributed by atoms with Crippen molar-refractivity contribution >= 4 is 30.7 Å². The molecule has 5 nitrogen and oxygen atoms in total. The van der Waals surface area contributed by atoms with Crippen molar-refractivity contribution in [2.75, 3.05) is 45.9 Å². The standard InChI is InChI=1S/C21H33N3O2.2ClH/c22-18-21(9-5-2-6-10-21)17-20(25)24-13-11-23(12-14-24)15-16-26-19-7-3-1-4-8-19;;/h1,3-4,7-8H,2,5-6,9-18,22H2;2*1H. The lowest BCUT2D eigenvalue weighted by Crippen LogP contribution is -2.51. The third kappa shape index (κ3) is 7.11. The molecular weight excluding hydrogens is 397 g/mol. The van der Waals surface area contributed by atoms with Gasteiger partial charge in [0.05, 0.1) is 0 Å². The van der Waals surface area contributed by atoms with Crippen LogP contribution >= 0.6 is 24.8 Å². The van der Waals surface area contributed by atoms with Gasteiger partial charge in [-0.3, -0.25) is 9.69 Å². The zero-order chi connectivity index (χ0) is 18.2. The molecule has 1 aliphatic carbocycles. The second-order valence-corrected chi connectivity index (χ2v) is 7.83. The first-order chi connectivity index (χ1) is 12.7. The molecule has 1 heterocycles. The number of piperazine rings is 1. The number of ether oxygens (including phenoxy) is 1. The summed E-state index contributed by atoms with van der Waals surface area (Å²) in [6.45, 7) is 5.75. The molecule has 1 amide bonds. The van der Waals surface area contributed by atoms with Crippen molar-refractivity contribution < 1.29 is 9.53 Å². The van der Waals surface area contributed by atoms with Crippen molar-refractivity contribution in [3.05, 3.63) is 30.3 Å². The fraction of sp³-hybridized carbons (Fsp3) is 0.667. The number of carbonyl (C=O) groups excluding carboxylic acids is 1. The van der Waals surface area contributed by atoms with E-state index < -0.39 is 0 Å². The number of benzene rings is 1. The highest BCUT2D eigenvalue weighted by molar-refractivity contribution is 5.85. The van der Waals surface area contributed by atoms with Gasteiger partial charge in [0, 0.05) is 39.1 Å². The largest absolute Gasteiger partial charge is 0.492 e. The summed E-state index contributed by atoms with van der Waals surface area (Å²) in [5.74, 6) is 1.22. The van der Waals surface area contributed by atoms with Gasteiger partial charge >= 0.3 is 0 Å². The topological polar surface area (TPSA) is 58.8 Å². The highest BCUT2D eigenvalue weighted by Crippen LogP contribution is 2.38. The van der Waals surface area contributed by atoms with E-state index in [1.54, 1.807) is 0 Å². The molecule has 1 saturated heterocycles. The Morgan fingerprint density at radius 3 is 2.25 bits per heavy atom. The maximum Gasteiger partial charge on any atom is 0.223 e. The zero-order valence-electron chi connectivity index (χ0n) is 16.7. The van der Waals surface area contributed by atoms with Gasteiger partial charge in [0.1, 0.15) is 12.4 Å². The summed E-state index contributed by atoms with van der Waals surface area (Å²) in [6, 6.07) is 9.93. The summed E-state index contributed by atoms with van der Waals surface area (Å²) in [4.78, 5) is 17.2. The lowest BCUT2D eigenvalue weighted by molar-refractivity contribution is -0.136. The molecule has 2 N–H and O–H groups in total. The second kappa shape index (κ2) is 12.5. The minimum Gasteiger partial charge on any atom is -0.492 e. The van der Waals surface area contributed by atoms with Crippen LogP contribution in [0.5, 0.6) is 5.75 Å². The van der Waals surface area contributed by atoms with E-state index in [0.717, 1.165) is 51.3 Å². The predicted octanol–water partition coefficient (Wildman–Crippen LogP) is 3.35. The highest BCUT2D eigenvalue weighted by atomic mass is 35.5. The number of rotatable bonds is 7. The van der Waals surface area contributed by atoms with Crippen LogP contribution in [-0.4, -0.2) is 61.6 Å². The summed E-state index contributed by atoms with van der Waals surface area (Å²) in [5.41, 5.74) is 6.11. The Bertz CT molecular complexity index is 560. The fourth-order valence-electron chi connectivity index (χ4n) is 4.22. The monoisotopic (exact) mass is 431 g/mol. The Kier molecular flexibility index (Phi) is 11.2. The van der Waals surface area contributed by atoms with Crippen LogP contribution in [0.4, 0.5) is 0 Å². The van der Waals surface area contributed by atoms with E-state index in [2.05, 4.69) is 4.90 Å². The summed E-state index contributed by atoms with van der Waals surface area (Å²) >= 11 is 0. The average molecular weight is 432 g/mol. The number of amides is 1. The van der Waals surface area contributed by atoms with E-state index in [0.29, 0.717) is 25.5 Å². The van der Waals surface area contributed by atoms with Crippen LogP contribution in [0, 0.1) is 5.41 Å². The molecule has 1 aliphatic heterocycles. The third-order valence-electron chi connectivity index (χ3n) is 6.02. The molecule has 1 aromatic carbocycles. The van der Waals surface area contributed by atoms with Crippen LogP contribution in [0.15, 0.2) is 30.3 Å². The Balaban J connectivity index is 0.00000196. The van der Waals surface area contributed by atoms with Gasteiger partial charge in [-0.15, -0.1) is 24.8 Å². The molecule has 3 rings (SSSR count). The van der Waals surface area contributed by atoms with Crippen molar-refractivity contribution in [1.82, 2.24) is 9.80 Å². The number of hydrogen-bond acceptors (Lipinski definition) is 4. The van der Waals surface area contributed by atoms with Crippen LogP contribution in [-0.2, 0) is 4.79 Å². The van der Waals surface area contributed by atoms with E-state index in [1.165, 1.54) is 19.3 Å². The zero-order valence-corrected chi connectivity index (χ0v) is 18.3. The molecule has 0 aromatic heterocycles. The minimum atomic E-state index is 0. The van der Waals surface area contributed by atoms with Crippen LogP contribution in [0.3, 0.4) is 0 Å². The van der Waals surface area contributed by atoms with Gasteiger partial charge in [0.25, 0.3) is 0 Å². The molecule has 160 valence electrons. The first kappa shape index (κ1) is 25.0. The van der Waals surface area contributed by atoms with Crippen molar-refractivity contribution in [2.24, 2.45) is 11.1 Å². The van der Waals surface area contributed by atoms with Crippen molar-refractivity contribution in [2.45, 2.75) is 38.5 Å². The number of nitrogens with zero attached hydrogens (tertiary/aromatic N) is 2.